The minimum Gasteiger partial charge on any atom is -0.392 e. The summed E-state index contributed by atoms with van der Waals surface area (Å²) in [6.45, 7) is 6.88. The van der Waals surface area contributed by atoms with Gasteiger partial charge < -0.3 is 10.4 Å². The highest BCUT2D eigenvalue weighted by Gasteiger charge is 2.62. The van der Waals surface area contributed by atoms with Crippen molar-refractivity contribution >= 4 is 5.91 Å². The molecule has 3 atom stereocenters. The van der Waals surface area contributed by atoms with E-state index in [4.69, 9.17) is 0 Å². The minimum atomic E-state index is -0.455. The van der Waals surface area contributed by atoms with Gasteiger partial charge in [0.1, 0.15) is 0 Å². The van der Waals surface area contributed by atoms with E-state index in [-0.39, 0.29) is 11.3 Å². The fourth-order valence-corrected chi connectivity index (χ4v) is 6.13. The number of carbonyl (C=O) groups excluding carboxylic acids is 1. The number of carbonyl (C=O) groups is 1. The SMILES string of the molecule is CC(O)CNC(=O)C12CC3CC(C)(CC(C)(C3)C1)C2. The summed E-state index contributed by atoms with van der Waals surface area (Å²) < 4.78 is 0. The molecule has 0 heterocycles. The maximum atomic E-state index is 12.7. The van der Waals surface area contributed by atoms with E-state index < -0.39 is 6.10 Å². The lowest BCUT2D eigenvalue weighted by atomic mass is 9.40. The smallest absolute Gasteiger partial charge is 0.226 e. The van der Waals surface area contributed by atoms with Crippen LogP contribution in [-0.4, -0.2) is 23.7 Å². The molecule has 0 radical (unpaired) electrons. The van der Waals surface area contributed by atoms with Crippen LogP contribution in [0.15, 0.2) is 0 Å². The van der Waals surface area contributed by atoms with Crippen LogP contribution in [0, 0.1) is 22.2 Å². The van der Waals surface area contributed by atoms with Crippen molar-refractivity contribution in [2.45, 2.75) is 65.4 Å². The number of hydrogen-bond acceptors (Lipinski definition) is 2. The van der Waals surface area contributed by atoms with Gasteiger partial charge in [0.05, 0.1) is 11.5 Å². The van der Waals surface area contributed by atoms with Crippen LogP contribution in [0.2, 0.25) is 0 Å². The highest BCUT2D eigenvalue weighted by atomic mass is 16.3. The van der Waals surface area contributed by atoms with Crippen molar-refractivity contribution in [1.82, 2.24) is 5.32 Å². The van der Waals surface area contributed by atoms with E-state index in [0.29, 0.717) is 17.4 Å². The first kappa shape index (κ1) is 13.4. The normalized spacial score (nSPS) is 49.2. The van der Waals surface area contributed by atoms with E-state index in [1.54, 1.807) is 6.92 Å². The Hall–Kier alpha value is -0.570. The molecule has 0 aromatic rings. The predicted molar refractivity (Wildman–Crippen MR) is 74.5 cm³/mol. The first-order chi connectivity index (χ1) is 8.74. The summed E-state index contributed by atoms with van der Waals surface area (Å²) in [6, 6.07) is 0. The Morgan fingerprint density at radius 1 is 1.21 bits per heavy atom. The van der Waals surface area contributed by atoms with Gasteiger partial charge in [-0.25, -0.2) is 0 Å². The lowest BCUT2D eigenvalue weighted by Crippen LogP contribution is -2.60. The minimum absolute atomic E-state index is 0.141. The van der Waals surface area contributed by atoms with E-state index in [9.17, 15) is 9.90 Å². The van der Waals surface area contributed by atoms with Crippen LogP contribution >= 0.6 is 0 Å². The zero-order valence-electron chi connectivity index (χ0n) is 12.5. The Bertz CT molecular complexity index is 386. The van der Waals surface area contributed by atoms with Gasteiger partial charge in [-0.1, -0.05) is 13.8 Å². The predicted octanol–water partition coefficient (Wildman–Crippen LogP) is 2.48. The molecule has 3 unspecified atom stereocenters. The standard InChI is InChI=1S/C16H27NO2/c1-11(18)7-17-13(19)16-6-12-4-14(2,9-16)8-15(3,5-12)10-16/h11-12,18H,4-10H2,1-3H3,(H,17,19). The van der Waals surface area contributed by atoms with Gasteiger partial charge in [0.15, 0.2) is 0 Å². The third kappa shape index (κ3) is 2.20. The Balaban J connectivity index is 1.82. The highest BCUT2D eigenvalue weighted by molar-refractivity contribution is 5.83. The van der Waals surface area contributed by atoms with Crippen LogP contribution in [0.4, 0.5) is 0 Å². The third-order valence-electron chi connectivity index (χ3n) is 5.67. The van der Waals surface area contributed by atoms with Crippen LogP contribution in [0.3, 0.4) is 0 Å². The molecule has 4 rings (SSSR count). The van der Waals surface area contributed by atoms with Crippen molar-refractivity contribution < 1.29 is 9.90 Å². The second-order valence-electron chi connectivity index (χ2n) is 8.47. The molecule has 4 aliphatic carbocycles. The molecule has 4 bridgehead atoms. The lowest BCUT2D eigenvalue weighted by molar-refractivity contribution is -0.170. The average molecular weight is 265 g/mol. The van der Waals surface area contributed by atoms with Crippen LogP contribution in [-0.2, 0) is 4.79 Å². The summed E-state index contributed by atoms with van der Waals surface area (Å²) in [7, 11) is 0. The van der Waals surface area contributed by atoms with Crippen LogP contribution in [0.5, 0.6) is 0 Å². The van der Waals surface area contributed by atoms with E-state index >= 15 is 0 Å². The summed E-state index contributed by atoms with van der Waals surface area (Å²) in [5.41, 5.74) is 0.602. The number of hydrogen-bond donors (Lipinski definition) is 2. The molecule has 2 N–H and O–H groups in total. The van der Waals surface area contributed by atoms with Crippen molar-refractivity contribution in [2.75, 3.05) is 6.54 Å². The molecule has 3 heteroatoms. The molecule has 4 saturated carbocycles. The van der Waals surface area contributed by atoms with Gasteiger partial charge in [-0.05, 0) is 62.2 Å². The number of aliphatic hydroxyl groups excluding tert-OH is 1. The van der Waals surface area contributed by atoms with Crippen molar-refractivity contribution in [2.24, 2.45) is 22.2 Å². The largest absolute Gasteiger partial charge is 0.392 e. The van der Waals surface area contributed by atoms with Gasteiger partial charge in [0.25, 0.3) is 0 Å². The van der Waals surface area contributed by atoms with Gasteiger partial charge in [-0.3, -0.25) is 4.79 Å². The maximum absolute atomic E-state index is 12.7. The lowest BCUT2D eigenvalue weighted by Gasteiger charge is -2.64. The molecule has 1 amide bonds. The van der Waals surface area contributed by atoms with E-state index in [2.05, 4.69) is 19.2 Å². The van der Waals surface area contributed by atoms with Gasteiger partial charge in [-0.2, -0.15) is 0 Å². The molecule has 3 nitrogen and oxygen atoms in total. The van der Waals surface area contributed by atoms with Gasteiger partial charge in [0.2, 0.25) is 5.91 Å². The van der Waals surface area contributed by atoms with E-state index in [0.717, 1.165) is 25.2 Å². The second-order valence-corrected chi connectivity index (χ2v) is 8.47. The summed E-state index contributed by atoms with van der Waals surface area (Å²) in [4.78, 5) is 12.7. The zero-order chi connectivity index (χ0) is 13.9. The van der Waals surface area contributed by atoms with E-state index in [1.807, 2.05) is 0 Å². The Morgan fingerprint density at radius 2 is 1.79 bits per heavy atom. The molecule has 0 spiro atoms. The first-order valence-corrected chi connectivity index (χ1v) is 7.71. The quantitative estimate of drug-likeness (QED) is 0.823. The van der Waals surface area contributed by atoms with Crippen LogP contribution < -0.4 is 5.32 Å². The van der Waals surface area contributed by atoms with Gasteiger partial charge in [-0.15, -0.1) is 0 Å². The molecular weight excluding hydrogens is 238 g/mol. The fraction of sp³-hybridized carbons (Fsp3) is 0.938. The summed E-state index contributed by atoms with van der Waals surface area (Å²) in [6.07, 6.45) is 6.65. The summed E-state index contributed by atoms with van der Waals surface area (Å²) in [5.74, 6) is 0.943. The molecule has 108 valence electrons. The monoisotopic (exact) mass is 265 g/mol. The fourth-order valence-electron chi connectivity index (χ4n) is 6.13. The van der Waals surface area contributed by atoms with Crippen molar-refractivity contribution in [3.05, 3.63) is 0 Å². The van der Waals surface area contributed by atoms with Crippen molar-refractivity contribution in [3.8, 4) is 0 Å². The Labute approximate surface area is 116 Å². The van der Waals surface area contributed by atoms with Gasteiger partial charge >= 0.3 is 0 Å². The molecule has 0 saturated heterocycles. The molecule has 4 aliphatic rings. The molecule has 4 fully saturated rings. The highest BCUT2D eigenvalue weighted by Crippen LogP contribution is 2.69. The van der Waals surface area contributed by atoms with Crippen molar-refractivity contribution in [1.29, 1.82) is 0 Å². The number of aliphatic hydroxyl groups is 1. The topological polar surface area (TPSA) is 49.3 Å². The average Bonchev–Trinajstić information content (AvgIpc) is 2.20. The van der Waals surface area contributed by atoms with E-state index in [1.165, 1.54) is 19.3 Å². The molecular formula is C16H27NO2. The summed E-state index contributed by atoms with van der Waals surface area (Å²) in [5, 5.41) is 12.4. The third-order valence-corrected chi connectivity index (χ3v) is 5.67. The molecule has 19 heavy (non-hydrogen) atoms. The summed E-state index contributed by atoms with van der Waals surface area (Å²) >= 11 is 0. The Kier molecular flexibility index (Phi) is 2.80. The molecule has 0 aromatic heterocycles. The van der Waals surface area contributed by atoms with Gasteiger partial charge in [0, 0.05) is 6.54 Å². The zero-order valence-corrected chi connectivity index (χ0v) is 12.5. The maximum Gasteiger partial charge on any atom is 0.226 e. The molecule has 0 aliphatic heterocycles. The van der Waals surface area contributed by atoms with Crippen LogP contribution in [0.1, 0.15) is 59.3 Å². The number of nitrogens with one attached hydrogen (secondary N) is 1. The first-order valence-electron chi connectivity index (χ1n) is 7.71. The Morgan fingerprint density at radius 3 is 2.26 bits per heavy atom. The second kappa shape index (κ2) is 3.97. The molecule has 0 aromatic carbocycles. The van der Waals surface area contributed by atoms with Crippen molar-refractivity contribution in [3.63, 3.8) is 0 Å². The van der Waals surface area contributed by atoms with Crippen LogP contribution in [0.25, 0.3) is 0 Å². The number of amides is 1. The number of rotatable bonds is 3.